The minimum atomic E-state index is -0.0191. The van der Waals surface area contributed by atoms with Crippen molar-refractivity contribution in [3.05, 3.63) is 65.4 Å². The minimum Gasteiger partial charge on any atom is -0.493 e. The maximum atomic E-state index is 11.7. The number of aromatic amines is 1. The van der Waals surface area contributed by atoms with Crippen LogP contribution in [0.1, 0.15) is 41.9 Å². The maximum Gasteiger partial charge on any atom is 0.225 e. The lowest BCUT2D eigenvalue weighted by Gasteiger charge is -2.25. The van der Waals surface area contributed by atoms with Crippen LogP contribution < -0.4 is 14.8 Å². The summed E-state index contributed by atoms with van der Waals surface area (Å²) in [6, 6.07) is 9.81. The van der Waals surface area contributed by atoms with Crippen LogP contribution in [0.25, 0.3) is 11.4 Å². The van der Waals surface area contributed by atoms with Gasteiger partial charge in [0.1, 0.15) is 28.9 Å². The van der Waals surface area contributed by atoms with Crippen LogP contribution in [0.5, 0.6) is 17.2 Å². The van der Waals surface area contributed by atoms with Crippen LogP contribution in [0.15, 0.2) is 42.7 Å². The van der Waals surface area contributed by atoms with E-state index in [1.165, 1.54) is 0 Å². The van der Waals surface area contributed by atoms with Gasteiger partial charge in [0.2, 0.25) is 5.91 Å². The Labute approximate surface area is 202 Å². The number of imidazole rings is 1. The summed E-state index contributed by atoms with van der Waals surface area (Å²) in [5.41, 5.74) is 5.02. The molecule has 0 fully saturated rings. The van der Waals surface area contributed by atoms with Gasteiger partial charge in [-0.25, -0.2) is 9.97 Å². The zero-order chi connectivity index (χ0) is 23.9. The van der Waals surface area contributed by atoms with Crippen molar-refractivity contribution >= 4 is 11.7 Å². The SMILES string of the molecule is CCc1cc(-c2cnc(C3COc4ccc(Oc5ccnc6c5CCC(=O)N6)cc4C3)[nH]2)n(C)n1. The number of amides is 1. The lowest BCUT2D eigenvalue weighted by Crippen LogP contribution is -2.20. The van der Waals surface area contributed by atoms with Crippen LogP contribution in [0.2, 0.25) is 0 Å². The topological polar surface area (TPSA) is 107 Å². The highest BCUT2D eigenvalue weighted by Crippen LogP contribution is 2.37. The average molecular weight is 471 g/mol. The summed E-state index contributed by atoms with van der Waals surface area (Å²) >= 11 is 0. The van der Waals surface area contributed by atoms with E-state index in [9.17, 15) is 4.79 Å². The third-order valence-electron chi connectivity index (χ3n) is 6.59. The zero-order valence-corrected chi connectivity index (χ0v) is 19.7. The molecular formula is C26H26N6O3. The summed E-state index contributed by atoms with van der Waals surface area (Å²) in [5, 5.41) is 7.35. The van der Waals surface area contributed by atoms with E-state index >= 15 is 0 Å². The van der Waals surface area contributed by atoms with E-state index in [2.05, 4.69) is 38.4 Å². The number of nitrogens with one attached hydrogen (secondary N) is 2. The number of nitrogens with zero attached hydrogens (tertiary/aromatic N) is 4. The summed E-state index contributed by atoms with van der Waals surface area (Å²) in [7, 11) is 1.95. The molecule has 9 heteroatoms. The number of fused-ring (bicyclic) bond motifs is 2. The molecule has 1 aromatic carbocycles. The normalized spacial score (nSPS) is 16.7. The molecule has 1 unspecified atom stereocenters. The summed E-state index contributed by atoms with van der Waals surface area (Å²) in [5.74, 6) is 3.86. The Morgan fingerprint density at radius 3 is 2.97 bits per heavy atom. The number of pyridine rings is 1. The van der Waals surface area contributed by atoms with Gasteiger partial charge in [0.25, 0.3) is 0 Å². The number of rotatable bonds is 5. The molecule has 0 radical (unpaired) electrons. The number of benzene rings is 1. The molecule has 2 N–H and O–H groups in total. The van der Waals surface area contributed by atoms with Gasteiger partial charge in [0.05, 0.1) is 35.8 Å². The van der Waals surface area contributed by atoms with Crippen molar-refractivity contribution in [1.29, 1.82) is 0 Å². The number of H-pyrrole nitrogens is 1. The third-order valence-corrected chi connectivity index (χ3v) is 6.59. The van der Waals surface area contributed by atoms with Crippen molar-refractivity contribution in [2.75, 3.05) is 11.9 Å². The minimum absolute atomic E-state index is 0.0191. The number of ether oxygens (including phenoxy) is 2. The monoisotopic (exact) mass is 470 g/mol. The van der Waals surface area contributed by atoms with Crippen LogP contribution in [0.3, 0.4) is 0 Å². The first-order valence-corrected chi connectivity index (χ1v) is 11.9. The first-order chi connectivity index (χ1) is 17.1. The number of carbonyl (C=O) groups excluding carboxylic acids is 1. The Morgan fingerprint density at radius 1 is 1.20 bits per heavy atom. The van der Waals surface area contributed by atoms with E-state index in [4.69, 9.17) is 9.47 Å². The lowest BCUT2D eigenvalue weighted by atomic mass is 9.96. The van der Waals surface area contributed by atoms with Gasteiger partial charge in [-0.05, 0) is 55.2 Å². The molecule has 178 valence electrons. The first kappa shape index (κ1) is 21.4. The molecule has 4 aromatic rings. The second kappa shape index (κ2) is 8.57. The molecule has 2 aliphatic rings. The predicted molar refractivity (Wildman–Crippen MR) is 130 cm³/mol. The van der Waals surface area contributed by atoms with Gasteiger partial charge in [-0.3, -0.25) is 9.48 Å². The molecule has 0 spiro atoms. The number of anilines is 1. The average Bonchev–Trinajstić information content (AvgIpc) is 3.50. The molecule has 5 heterocycles. The summed E-state index contributed by atoms with van der Waals surface area (Å²) in [4.78, 5) is 24.1. The molecule has 1 amide bonds. The number of aromatic nitrogens is 5. The van der Waals surface area contributed by atoms with Crippen molar-refractivity contribution in [3.8, 4) is 28.6 Å². The van der Waals surface area contributed by atoms with Crippen molar-refractivity contribution in [3.63, 3.8) is 0 Å². The Kier molecular flexibility index (Phi) is 5.24. The molecule has 0 aliphatic carbocycles. The number of hydrogen-bond acceptors (Lipinski definition) is 6. The highest BCUT2D eigenvalue weighted by atomic mass is 16.5. The van der Waals surface area contributed by atoms with E-state index in [-0.39, 0.29) is 11.8 Å². The van der Waals surface area contributed by atoms with Crippen LogP contribution in [-0.4, -0.2) is 37.2 Å². The smallest absolute Gasteiger partial charge is 0.225 e. The van der Waals surface area contributed by atoms with Gasteiger partial charge in [0, 0.05) is 25.2 Å². The molecule has 2 aliphatic heterocycles. The Hall–Kier alpha value is -4.14. The van der Waals surface area contributed by atoms with E-state index in [0.29, 0.717) is 31.0 Å². The largest absolute Gasteiger partial charge is 0.493 e. The second-order valence-corrected chi connectivity index (χ2v) is 8.95. The summed E-state index contributed by atoms with van der Waals surface area (Å²) < 4.78 is 14.2. The molecule has 3 aromatic heterocycles. The fourth-order valence-corrected chi connectivity index (χ4v) is 4.72. The second-order valence-electron chi connectivity index (χ2n) is 8.95. The molecule has 1 atom stereocenters. The fraction of sp³-hybridized carbons (Fsp3) is 0.308. The predicted octanol–water partition coefficient (Wildman–Crippen LogP) is 4.16. The molecule has 0 bridgehead atoms. The highest BCUT2D eigenvalue weighted by molar-refractivity contribution is 5.93. The van der Waals surface area contributed by atoms with E-state index in [1.807, 2.05) is 42.2 Å². The van der Waals surface area contributed by atoms with E-state index in [1.54, 1.807) is 6.20 Å². The quantitative estimate of drug-likeness (QED) is 0.454. The Morgan fingerprint density at radius 2 is 2.11 bits per heavy atom. The van der Waals surface area contributed by atoms with Crippen LogP contribution >= 0.6 is 0 Å². The lowest BCUT2D eigenvalue weighted by molar-refractivity contribution is -0.116. The van der Waals surface area contributed by atoms with Gasteiger partial charge >= 0.3 is 0 Å². The van der Waals surface area contributed by atoms with Gasteiger partial charge in [-0.1, -0.05) is 6.92 Å². The fourth-order valence-electron chi connectivity index (χ4n) is 4.72. The van der Waals surface area contributed by atoms with Crippen LogP contribution in [-0.2, 0) is 31.1 Å². The summed E-state index contributed by atoms with van der Waals surface area (Å²) in [6.07, 6.45) is 6.24. The number of aryl methyl sites for hydroxylation is 2. The van der Waals surface area contributed by atoms with Gasteiger partial charge < -0.3 is 19.8 Å². The standard InChI is InChI=1S/C26H26N6O3/c1-3-17-12-21(32(2)31-17)20-13-28-25(29-20)16-10-15-11-18(4-6-22(15)34-14-16)35-23-8-9-27-26-19(23)5-7-24(33)30-26/h4,6,8-9,11-13,16H,3,5,7,10,14H2,1-2H3,(H,28,29)(H,27,30,33). The van der Waals surface area contributed by atoms with E-state index in [0.717, 1.165) is 58.4 Å². The van der Waals surface area contributed by atoms with Crippen LogP contribution in [0, 0.1) is 0 Å². The maximum absolute atomic E-state index is 11.7. The molecule has 9 nitrogen and oxygen atoms in total. The van der Waals surface area contributed by atoms with Crippen molar-refractivity contribution < 1.29 is 14.3 Å². The Bertz CT molecular complexity index is 1420. The van der Waals surface area contributed by atoms with E-state index < -0.39 is 0 Å². The molecule has 6 rings (SSSR count). The first-order valence-electron chi connectivity index (χ1n) is 11.9. The molecular weight excluding hydrogens is 444 g/mol. The Balaban J connectivity index is 1.22. The molecule has 35 heavy (non-hydrogen) atoms. The van der Waals surface area contributed by atoms with Gasteiger partial charge in [-0.2, -0.15) is 5.10 Å². The molecule has 0 saturated heterocycles. The molecule has 0 saturated carbocycles. The number of carbonyl (C=O) groups is 1. The van der Waals surface area contributed by atoms with Gasteiger partial charge in [0.15, 0.2) is 0 Å². The third kappa shape index (κ3) is 4.03. The van der Waals surface area contributed by atoms with Crippen LogP contribution in [0.4, 0.5) is 5.82 Å². The van der Waals surface area contributed by atoms with Crippen molar-refractivity contribution in [1.82, 2.24) is 24.7 Å². The van der Waals surface area contributed by atoms with Crippen molar-refractivity contribution in [2.45, 2.75) is 38.5 Å². The van der Waals surface area contributed by atoms with Crippen molar-refractivity contribution in [2.24, 2.45) is 7.05 Å². The zero-order valence-electron chi connectivity index (χ0n) is 19.7. The summed E-state index contributed by atoms with van der Waals surface area (Å²) in [6.45, 7) is 2.66. The number of hydrogen-bond donors (Lipinski definition) is 2. The highest BCUT2D eigenvalue weighted by Gasteiger charge is 2.26. The van der Waals surface area contributed by atoms with Gasteiger partial charge in [-0.15, -0.1) is 0 Å².